The summed E-state index contributed by atoms with van der Waals surface area (Å²) < 4.78 is 9.89. The lowest BCUT2D eigenvalue weighted by Gasteiger charge is -2.15. The van der Waals surface area contributed by atoms with Crippen LogP contribution in [-0.2, 0) is 0 Å². The zero-order valence-electron chi connectivity index (χ0n) is 33.4. The van der Waals surface area contributed by atoms with E-state index in [-0.39, 0.29) is 5.69 Å². The molecule has 65 heavy (non-hydrogen) atoms. The molecule has 0 atom stereocenters. The fourth-order valence-corrected chi connectivity index (χ4v) is 10.1. The Morgan fingerprint density at radius 1 is 0.400 bits per heavy atom. The first-order valence-corrected chi connectivity index (χ1v) is 21.0. The summed E-state index contributed by atoms with van der Waals surface area (Å²) in [7, 11) is 0. The predicted octanol–water partition coefficient (Wildman–Crippen LogP) is 11.5. The van der Waals surface area contributed by atoms with Crippen LogP contribution in [0.3, 0.4) is 0 Å². The standard InChI is InChI=1S/C51H30N4O9S/c56-40-36-37-39(43(59)47(63)45(61)41(37)57)55(38(36)42(58)46(62)44(40)60)31-21-26(27-15-9-16-29-28-14-7-8-17-34(28)65-48(27)29)22-33-35(31)30-20-25(18-19-32(30)64-33)51-53-49(23-10-3-1-4-11-23)52-50(54-51)24-12-5-2-6-13-24/h1-22,56-63H. The van der Waals surface area contributed by atoms with E-state index in [1.165, 1.54) is 4.57 Å². The lowest BCUT2D eigenvalue weighted by atomic mass is 9.99. The first kappa shape index (κ1) is 37.7. The van der Waals surface area contributed by atoms with E-state index in [4.69, 9.17) is 19.4 Å². The van der Waals surface area contributed by atoms with Crippen molar-refractivity contribution in [1.82, 2.24) is 19.5 Å². The molecule has 0 unspecified atom stereocenters. The highest BCUT2D eigenvalue weighted by molar-refractivity contribution is 7.26. The van der Waals surface area contributed by atoms with Crippen molar-refractivity contribution in [3.8, 4) is 97.0 Å². The number of hydrogen-bond acceptors (Lipinski definition) is 13. The van der Waals surface area contributed by atoms with Gasteiger partial charge in [0.25, 0.3) is 0 Å². The van der Waals surface area contributed by atoms with E-state index in [0.29, 0.717) is 50.5 Å². The minimum absolute atomic E-state index is 0.164. The lowest BCUT2D eigenvalue weighted by molar-refractivity contribution is 0.350. The van der Waals surface area contributed by atoms with Gasteiger partial charge in [0.2, 0.25) is 23.0 Å². The summed E-state index contributed by atoms with van der Waals surface area (Å²) in [5.41, 5.74) is 3.60. The highest BCUT2D eigenvalue weighted by Crippen LogP contribution is 2.59. The van der Waals surface area contributed by atoms with Crippen molar-refractivity contribution in [2.45, 2.75) is 0 Å². The number of fused-ring (bicyclic) bond motifs is 9. The van der Waals surface area contributed by atoms with E-state index in [1.807, 2.05) is 121 Å². The van der Waals surface area contributed by atoms with Gasteiger partial charge in [-0.25, -0.2) is 15.0 Å². The van der Waals surface area contributed by atoms with Gasteiger partial charge in [0.05, 0.1) is 21.8 Å². The summed E-state index contributed by atoms with van der Waals surface area (Å²) in [6.07, 6.45) is 0. The number of hydrogen-bond donors (Lipinski definition) is 8. The molecule has 0 aliphatic heterocycles. The molecule has 14 heteroatoms. The molecule has 0 aliphatic rings. The molecule has 12 aromatic rings. The van der Waals surface area contributed by atoms with Crippen LogP contribution in [-0.4, -0.2) is 60.4 Å². The Morgan fingerprint density at radius 2 is 0.938 bits per heavy atom. The van der Waals surface area contributed by atoms with Gasteiger partial charge in [0.15, 0.2) is 40.5 Å². The van der Waals surface area contributed by atoms with Gasteiger partial charge < -0.3 is 49.8 Å². The maximum atomic E-state index is 11.7. The molecule has 4 aromatic heterocycles. The number of aromatic hydroxyl groups is 8. The second kappa shape index (κ2) is 13.7. The van der Waals surface area contributed by atoms with Crippen LogP contribution in [0, 0.1) is 0 Å². The predicted molar refractivity (Wildman–Crippen MR) is 249 cm³/mol. The van der Waals surface area contributed by atoms with E-state index in [2.05, 4.69) is 0 Å². The number of rotatable bonds is 5. The number of thiophene rings is 1. The molecule has 0 spiro atoms. The monoisotopic (exact) mass is 874 g/mol. The molecule has 12 rings (SSSR count). The van der Waals surface area contributed by atoms with E-state index in [1.54, 1.807) is 23.5 Å². The average molecular weight is 875 g/mol. The number of furan rings is 1. The number of aromatic nitrogens is 4. The largest absolute Gasteiger partial charge is 0.504 e. The third-order valence-electron chi connectivity index (χ3n) is 11.9. The topological polar surface area (TPSA) is 219 Å². The van der Waals surface area contributed by atoms with Gasteiger partial charge in [-0.05, 0) is 47.5 Å². The van der Waals surface area contributed by atoms with E-state index >= 15 is 0 Å². The molecule has 0 radical (unpaired) electrons. The summed E-state index contributed by atoms with van der Waals surface area (Å²) in [5, 5.41) is 92.0. The minimum Gasteiger partial charge on any atom is -0.504 e. The number of nitrogens with zero attached hydrogens (tertiary/aromatic N) is 4. The quantitative estimate of drug-likeness (QED) is 0.0598. The molecule has 314 valence electrons. The molecule has 0 aliphatic carbocycles. The van der Waals surface area contributed by atoms with E-state index < -0.39 is 67.8 Å². The SMILES string of the molecule is Oc1c(O)c(O)c2c(c1O)c1c(O)c(O)c(O)c(O)c1n2-c1cc(-c2cccc3c2sc2ccccc23)cc2oc3ccc(-c4nc(-c5ccccc5)nc(-c5ccccc5)n4)cc3c12. The van der Waals surface area contributed by atoms with Crippen LogP contribution in [0.1, 0.15) is 0 Å². The molecule has 0 saturated heterocycles. The second-order valence-corrected chi connectivity index (χ2v) is 16.6. The Kier molecular flexibility index (Phi) is 7.98. The van der Waals surface area contributed by atoms with Crippen LogP contribution in [0.2, 0.25) is 0 Å². The van der Waals surface area contributed by atoms with Gasteiger partial charge >= 0.3 is 0 Å². The summed E-state index contributed by atoms with van der Waals surface area (Å²) in [4.78, 5) is 14.7. The summed E-state index contributed by atoms with van der Waals surface area (Å²) in [6.45, 7) is 0. The first-order chi connectivity index (χ1) is 31.6. The molecule has 4 heterocycles. The normalized spacial score (nSPS) is 11.9. The molecule has 0 amide bonds. The molecule has 0 fully saturated rings. The Balaban J connectivity index is 1.22. The number of phenols is 8. The fourth-order valence-electron chi connectivity index (χ4n) is 8.90. The van der Waals surface area contributed by atoms with Crippen molar-refractivity contribution in [2.75, 3.05) is 0 Å². The highest BCUT2D eigenvalue weighted by atomic mass is 32.1. The van der Waals surface area contributed by atoms with Crippen molar-refractivity contribution >= 4 is 75.3 Å². The number of phenolic OH excluding ortho intramolecular Hbond substituents is 8. The van der Waals surface area contributed by atoms with Crippen LogP contribution in [0.4, 0.5) is 0 Å². The van der Waals surface area contributed by atoms with Crippen LogP contribution in [0.25, 0.3) is 115 Å². The third kappa shape index (κ3) is 5.41. The van der Waals surface area contributed by atoms with Gasteiger partial charge in [-0.2, -0.15) is 0 Å². The van der Waals surface area contributed by atoms with Crippen LogP contribution in [0.15, 0.2) is 138 Å². The summed E-state index contributed by atoms with van der Waals surface area (Å²) in [5.74, 6) is -7.12. The third-order valence-corrected chi connectivity index (χ3v) is 13.1. The Hall–Kier alpha value is -9.01. The summed E-state index contributed by atoms with van der Waals surface area (Å²) >= 11 is 1.59. The van der Waals surface area contributed by atoms with Crippen LogP contribution < -0.4 is 0 Å². The highest BCUT2D eigenvalue weighted by Gasteiger charge is 2.33. The first-order valence-electron chi connectivity index (χ1n) is 20.2. The average Bonchev–Trinajstić information content (AvgIpc) is 4.04. The summed E-state index contributed by atoms with van der Waals surface area (Å²) in [6, 6.07) is 42.0. The molecule has 13 nitrogen and oxygen atoms in total. The molecule has 0 bridgehead atoms. The minimum atomic E-state index is -1.13. The van der Waals surface area contributed by atoms with Gasteiger partial charge in [-0.3, -0.25) is 0 Å². The van der Waals surface area contributed by atoms with Crippen molar-refractivity contribution < 1.29 is 45.3 Å². The van der Waals surface area contributed by atoms with Gasteiger partial charge in [-0.15, -0.1) is 11.3 Å². The molecule has 8 N–H and O–H groups in total. The van der Waals surface area contributed by atoms with Crippen LogP contribution in [0.5, 0.6) is 46.0 Å². The molecular formula is C51H30N4O9S. The van der Waals surface area contributed by atoms with Crippen molar-refractivity contribution in [3.05, 3.63) is 133 Å². The van der Waals surface area contributed by atoms with Gasteiger partial charge in [0.1, 0.15) is 22.2 Å². The van der Waals surface area contributed by atoms with E-state index in [9.17, 15) is 40.9 Å². The maximum absolute atomic E-state index is 11.7. The van der Waals surface area contributed by atoms with Crippen molar-refractivity contribution in [2.24, 2.45) is 0 Å². The van der Waals surface area contributed by atoms with Crippen molar-refractivity contribution in [1.29, 1.82) is 0 Å². The molecule has 0 saturated carbocycles. The second-order valence-electron chi connectivity index (χ2n) is 15.6. The maximum Gasteiger partial charge on any atom is 0.206 e. The zero-order valence-corrected chi connectivity index (χ0v) is 34.2. The van der Waals surface area contributed by atoms with Gasteiger partial charge in [-0.1, -0.05) is 97.1 Å². The van der Waals surface area contributed by atoms with Gasteiger partial charge in [0, 0.05) is 42.2 Å². The van der Waals surface area contributed by atoms with E-state index in [0.717, 1.165) is 36.9 Å². The molecular weight excluding hydrogens is 845 g/mol. The lowest BCUT2D eigenvalue weighted by Crippen LogP contribution is -2.00. The smallest absolute Gasteiger partial charge is 0.206 e. The zero-order chi connectivity index (χ0) is 44.4. The Bertz CT molecular complexity index is 3860. The Morgan fingerprint density at radius 3 is 1.55 bits per heavy atom. The van der Waals surface area contributed by atoms with Crippen LogP contribution >= 0.6 is 11.3 Å². The Labute approximate surface area is 369 Å². The van der Waals surface area contributed by atoms with Crippen molar-refractivity contribution in [3.63, 3.8) is 0 Å². The molecule has 8 aromatic carbocycles. The fraction of sp³-hybridized carbons (Fsp3) is 0. The number of benzene rings is 8.